The number of hydrogen-bond acceptors (Lipinski definition) is 2. The zero-order valence-electron chi connectivity index (χ0n) is 12.0. The summed E-state index contributed by atoms with van der Waals surface area (Å²) >= 11 is 8.65. The fourth-order valence-electron chi connectivity index (χ4n) is 3.11. The molecule has 2 heterocycles. The number of nitrogens with zero attached hydrogens (tertiary/aromatic N) is 2. The maximum Gasteiger partial charge on any atom is 0.178 e. The van der Waals surface area contributed by atoms with Crippen LogP contribution in [0, 0.1) is 16.5 Å². The van der Waals surface area contributed by atoms with Crippen molar-refractivity contribution in [3.63, 3.8) is 0 Å². The molecule has 1 unspecified atom stereocenters. The Balaban J connectivity index is 1.84. The lowest BCUT2D eigenvalue weighted by Crippen LogP contribution is -2.27. The Hall–Kier alpha value is -0.720. The van der Waals surface area contributed by atoms with Crippen molar-refractivity contribution < 1.29 is 4.39 Å². The van der Waals surface area contributed by atoms with Gasteiger partial charge in [0.2, 0.25) is 0 Å². The van der Waals surface area contributed by atoms with Crippen LogP contribution < -0.4 is 0 Å². The molecule has 114 valence electrons. The number of nitrogens with one attached hydrogen (secondary N) is 1. The Kier molecular flexibility index (Phi) is 4.47. The van der Waals surface area contributed by atoms with Gasteiger partial charge in [-0.25, -0.2) is 4.39 Å². The highest BCUT2D eigenvalue weighted by atomic mass is 79.9. The Morgan fingerprint density at radius 2 is 2.05 bits per heavy atom. The molecule has 1 aromatic carbocycles. The monoisotopic (exact) mass is 371 g/mol. The number of aromatic amines is 1. The summed E-state index contributed by atoms with van der Waals surface area (Å²) in [7, 11) is 0. The van der Waals surface area contributed by atoms with Gasteiger partial charge in [0.05, 0.1) is 15.5 Å². The number of imidazole rings is 1. The number of benzene rings is 1. The van der Waals surface area contributed by atoms with Gasteiger partial charge in [0.25, 0.3) is 0 Å². The predicted molar refractivity (Wildman–Crippen MR) is 89.6 cm³/mol. The molecular weight excluding hydrogens is 353 g/mol. The van der Waals surface area contributed by atoms with Gasteiger partial charge in [0.1, 0.15) is 5.82 Å². The van der Waals surface area contributed by atoms with Gasteiger partial charge >= 0.3 is 0 Å². The standard InChI is InChI=1S/C15H19BrFN3S/c1-10(8-19-4-2-3-5-19)9-20-14-6-11(16)12(17)7-13(14)18-15(20)21/h6-7,10H,2-5,8-9H2,1H3,(H,18,21). The number of halogens is 2. The third-order valence-electron chi connectivity index (χ3n) is 4.08. The quantitative estimate of drug-likeness (QED) is 0.808. The molecule has 1 saturated heterocycles. The van der Waals surface area contributed by atoms with Crippen molar-refractivity contribution in [2.75, 3.05) is 19.6 Å². The first-order valence-corrected chi connectivity index (χ1v) is 8.54. The van der Waals surface area contributed by atoms with E-state index in [4.69, 9.17) is 12.2 Å². The van der Waals surface area contributed by atoms with E-state index in [2.05, 4.69) is 37.3 Å². The van der Waals surface area contributed by atoms with Crippen molar-refractivity contribution in [1.29, 1.82) is 0 Å². The van der Waals surface area contributed by atoms with E-state index in [1.165, 1.54) is 32.0 Å². The number of likely N-dealkylation sites (tertiary alicyclic amines) is 1. The molecule has 0 amide bonds. The van der Waals surface area contributed by atoms with Crippen LogP contribution in [0.1, 0.15) is 19.8 Å². The molecule has 0 saturated carbocycles. The normalized spacial score (nSPS) is 17.7. The maximum atomic E-state index is 13.6. The minimum Gasteiger partial charge on any atom is -0.330 e. The smallest absolute Gasteiger partial charge is 0.178 e. The molecule has 0 bridgehead atoms. The van der Waals surface area contributed by atoms with Crippen LogP contribution in [0.2, 0.25) is 0 Å². The molecule has 1 N–H and O–H groups in total. The van der Waals surface area contributed by atoms with Crippen molar-refractivity contribution in [3.05, 3.63) is 27.2 Å². The lowest BCUT2D eigenvalue weighted by atomic mass is 10.1. The number of aromatic nitrogens is 2. The van der Waals surface area contributed by atoms with Crippen molar-refractivity contribution >= 4 is 39.2 Å². The van der Waals surface area contributed by atoms with Gasteiger partial charge in [-0.1, -0.05) is 6.92 Å². The van der Waals surface area contributed by atoms with Gasteiger partial charge in [-0.05, 0) is 66.1 Å². The van der Waals surface area contributed by atoms with Crippen LogP contribution >= 0.6 is 28.1 Å². The summed E-state index contributed by atoms with van der Waals surface area (Å²) in [5.74, 6) is 0.244. The van der Waals surface area contributed by atoms with E-state index < -0.39 is 0 Å². The fraction of sp³-hybridized carbons (Fsp3) is 0.533. The van der Waals surface area contributed by atoms with Crippen LogP contribution in [0.15, 0.2) is 16.6 Å². The average molecular weight is 372 g/mol. The number of rotatable bonds is 4. The second-order valence-electron chi connectivity index (χ2n) is 5.94. The number of hydrogen-bond donors (Lipinski definition) is 1. The Morgan fingerprint density at radius 1 is 1.33 bits per heavy atom. The van der Waals surface area contributed by atoms with Gasteiger partial charge in [0, 0.05) is 19.2 Å². The Morgan fingerprint density at radius 3 is 2.76 bits per heavy atom. The predicted octanol–water partition coefficient (Wildman–Crippen LogP) is 4.33. The van der Waals surface area contributed by atoms with Crippen LogP contribution in [0.5, 0.6) is 0 Å². The lowest BCUT2D eigenvalue weighted by molar-refractivity contribution is 0.272. The van der Waals surface area contributed by atoms with Crippen molar-refractivity contribution in [2.24, 2.45) is 5.92 Å². The van der Waals surface area contributed by atoms with Crippen molar-refractivity contribution in [3.8, 4) is 0 Å². The van der Waals surface area contributed by atoms with E-state index in [9.17, 15) is 4.39 Å². The molecule has 21 heavy (non-hydrogen) atoms. The molecular formula is C15H19BrFN3S. The molecule has 3 nitrogen and oxygen atoms in total. The molecule has 0 radical (unpaired) electrons. The highest BCUT2D eigenvalue weighted by Crippen LogP contribution is 2.24. The van der Waals surface area contributed by atoms with E-state index in [0.717, 1.165) is 24.1 Å². The first kappa shape index (κ1) is 15.2. The van der Waals surface area contributed by atoms with Gasteiger partial charge in [0.15, 0.2) is 4.77 Å². The molecule has 1 aliphatic heterocycles. The molecule has 1 aromatic heterocycles. The number of H-pyrrole nitrogens is 1. The lowest BCUT2D eigenvalue weighted by Gasteiger charge is -2.20. The summed E-state index contributed by atoms with van der Waals surface area (Å²) in [6.45, 7) is 6.61. The molecule has 6 heteroatoms. The second-order valence-corrected chi connectivity index (χ2v) is 7.18. The Labute approximate surface area is 137 Å². The van der Waals surface area contributed by atoms with Crippen LogP contribution in [0.3, 0.4) is 0 Å². The summed E-state index contributed by atoms with van der Waals surface area (Å²) in [5, 5.41) is 0. The van der Waals surface area contributed by atoms with E-state index in [1.807, 2.05) is 0 Å². The van der Waals surface area contributed by atoms with E-state index in [0.29, 0.717) is 15.2 Å². The average Bonchev–Trinajstić information content (AvgIpc) is 3.01. The third-order valence-corrected chi connectivity index (χ3v) is 5.01. The molecule has 1 aliphatic rings. The minimum absolute atomic E-state index is 0.268. The van der Waals surface area contributed by atoms with E-state index in [-0.39, 0.29) is 5.82 Å². The molecule has 0 aliphatic carbocycles. The number of fused-ring (bicyclic) bond motifs is 1. The van der Waals surface area contributed by atoms with Crippen LogP contribution in [0.4, 0.5) is 4.39 Å². The summed E-state index contributed by atoms with van der Waals surface area (Å²) < 4.78 is 16.8. The largest absolute Gasteiger partial charge is 0.330 e. The third kappa shape index (κ3) is 3.22. The molecule has 0 spiro atoms. The Bertz CT molecular complexity index is 703. The van der Waals surface area contributed by atoms with E-state index in [1.54, 1.807) is 6.07 Å². The highest BCUT2D eigenvalue weighted by molar-refractivity contribution is 9.10. The fourth-order valence-corrected chi connectivity index (χ4v) is 3.72. The minimum atomic E-state index is -0.268. The van der Waals surface area contributed by atoms with Gasteiger partial charge in [-0.15, -0.1) is 0 Å². The topological polar surface area (TPSA) is 24.0 Å². The first-order chi connectivity index (χ1) is 10.0. The van der Waals surface area contributed by atoms with Gasteiger partial charge in [-0.2, -0.15) is 0 Å². The van der Waals surface area contributed by atoms with Crippen LogP contribution in [-0.2, 0) is 6.54 Å². The molecule has 1 atom stereocenters. The molecule has 3 rings (SSSR count). The zero-order chi connectivity index (χ0) is 15.0. The van der Waals surface area contributed by atoms with Crippen LogP contribution in [-0.4, -0.2) is 34.1 Å². The summed E-state index contributed by atoms with van der Waals surface area (Å²) in [6, 6.07) is 3.30. The maximum absolute atomic E-state index is 13.6. The highest BCUT2D eigenvalue weighted by Gasteiger charge is 2.16. The molecule has 1 fully saturated rings. The first-order valence-electron chi connectivity index (χ1n) is 7.34. The summed E-state index contributed by atoms with van der Waals surface area (Å²) in [4.78, 5) is 5.61. The van der Waals surface area contributed by atoms with E-state index >= 15 is 0 Å². The zero-order valence-corrected chi connectivity index (χ0v) is 14.4. The summed E-state index contributed by atoms with van der Waals surface area (Å²) in [6.07, 6.45) is 2.62. The second kappa shape index (κ2) is 6.18. The van der Waals surface area contributed by atoms with Gasteiger partial charge < -0.3 is 14.5 Å². The summed E-state index contributed by atoms with van der Waals surface area (Å²) in [5.41, 5.74) is 1.72. The van der Waals surface area contributed by atoms with Crippen molar-refractivity contribution in [2.45, 2.75) is 26.3 Å². The van der Waals surface area contributed by atoms with Crippen LogP contribution in [0.25, 0.3) is 11.0 Å². The van der Waals surface area contributed by atoms with Crippen molar-refractivity contribution in [1.82, 2.24) is 14.5 Å². The SMILES string of the molecule is CC(CN1CCCC1)Cn1c(=S)[nH]c2cc(F)c(Br)cc21. The molecule has 2 aromatic rings. The van der Waals surface area contributed by atoms with Gasteiger partial charge in [-0.3, -0.25) is 0 Å².